The quantitative estimate of drug-likeness (QED) is 0.568. The van der Waals surface area contributed by atoms with Crippen LogP contribution in [-0.4, -0.2) is 25.7 Å². The van der Waals surface area contributed by atoms with Crippen molar-refractivity contribution in [3.05, 3.63) is 76.0 Å². The molecular weight excluding hydrogens is 366 g/mol. The van der Waals surface area contributed by atoms with Gasteiger partial charge in [-0.1, -0.05) is 53.0 Å². The van der Waals surface area contributed by atoms with E-state index < -0.39 is 0 Å². The fourth-order valence-electron chi connectivity index (χ4n) is 2.47. The normalized spacial score (nSPS) is 10.8. The van der Waals surface area contributed by atoms with Gasteiger partial charge in [0.15, 0.2) is 5.13 Å². The Balaban J connectivity index is 1.47. The Hall–Kier alpha value is -2.84. The lowest BCUT2D eigenvalue weighted by Crippen LogP contribution is -2.11. The van der Waals surface area contributed by atoms with E-state index in [2.05, 4.69) is 20.5 Å². The van der Waals surface area contributed by atoms with Crippen LogP contribution in [0.25, 0.3) is 5.13 Å². The summed E-state index contributed by atoms with van der Waals surface area (Å²) in [7, 11) is 0. The molecular formula is C18H15N5OS2. The first-order chi connectivity index (χ1) is 12.7. The Morgan fingerprint density at radius 1 is 1.08 bits per heavy atom. The predicted molar refractivity (Wildman–Crippen MR) is 103 cm³/mol. The number of aryl methyl sites for hydroxylation is 1. The van der Waals surface area contributed by atoms with Gasteiger partial charge in [-0.05, 0) is 24.6 Å². The van der Waals surface area contributed by atoms with Crippen molar-refractivity contribution in [2.75, 3.05) is 5.32 Å². The number of carbonyl (C=O) groups is 1. The van der Waals surface area contributed by atoms with Crippen molar-refractivity contribution < 1.29 is 4.79 Å². The van der Waals surface area contributed by atoms with Crippen LogP contribution in [0.4, 0.5) is 5.13 Å². The molecule has 0 atom stereocenters. The first kappa shape index (κ1) is 16.6. The molecule has 130 valence electrons. The lowest BCUT2D eigenvalue weighted by atomic mass is 10.2. The Bertz CT molecular complexity index is 1020. The van der Waals surface area contributed by atoms with Crippen molar-refractivity contribution >= 4 is 33.7 Å². The van der Waals surface area contributed by atoms with Gasteiger partial charge < -0.3 is 4.57 Å². The number of hydrogen-bond donors (Lipinski definition) is 1. The first-order valence-corrected chi connectivity index (χ1v) is 9.61. The van der Waals surface area contributed by atoms with E-state index in [0.29, 0.717) is 22.1 Å². The van der Waals surface area contributed by atoms with E-state index in [9.17, 15) is 4.79 Å². The number of aromatic nitrogens is 4. The standard InChI is InChI=1S/C18H15N5OS2/c1-12-15(26-18(19-12)23-9-5-6-10-23)16(24)20-17-22-21-14(25-17)11-13-7-3-2-4-8-13/h2-10H,11H2,1H3,(H,20,22,24). The highest BCUT2D eigenvalue weighted by atomic mass is 32.1. The zero-order valence-electron chi connectivity index (χ0n) is 13.9. The van der Waals surface area contributed by atoms with Crippen LogP contribution in [-0.2, 0) is 6.42 Å². The number of nitrogens with one attached hydrogen (secondary N) is 1. The van der Waals surface area contributed by atoms with Crippen LogP contribution >= 0.6 is 22.7 Å². The third kappa shape index (κ3) is 3.56. The Morgan fingerprint density at radius 3 is 2.62 bits per heavy atom. The maximum absolute atomic E-state index is 12.6. The number of benzene rings is 1. The number of carbonyl (C=O) groups excluding carboxylic acids is 1. The molecule has 1 amide bonds. The topological polar surface area (TPSA) is 72.7 Å². The fourth-order valence-corrected chi connectivity index (χ4v) is 4.16. The summed E-state index contributed by atoms with van der Waals surface area (Å²) in [5, 5.41) is 13.2. The van der Waals surface area contributed by atoms with Gasteiger partial charge in [0.2, 0.25) is 5.13 Å². The van der Waals surface area contributed by atoms with Crippen LogP contribution in [0.5, 0.6) is 0 Å². The molecule has 6 nitrogen and oxygen atoms in total. The third-order valence-corrected chi connectivity index (χ3v) is 5.71. The van der Waals surface area contributed by atoms with Crippen molar-refractivity contribution in [3.8, 4) is 5.13 Å². The molecule has 0 fully saturated rings. The summed E-state index contributed by atoms with van der Waals surface area (Å²) in [6, 6.07) is 13.9. The Morgan fingerprint density at radius 2 is 1.85 bits per heavy atom. The molecule has 0 saturated carbocycles. The zero-order valence-corrected chi connectivity index (χ0v) is 15.5. The smallest absolute Gasteiger partial charge is 0.269 e. The minimum Gasteiger partial charge on any atom is -0.300 e. The molecule has 26 heavy (non-hydrogen) atoms. The van der Waals surface area contributed by atoms with Gasteiger partial charge in [-0.25, -0.2) is 4.98 Å². The molecule has 0 aliphatic rings. The van der Waals surface area contributed by atoms with Gasteiger partial charge >= 0.3 is 0 Å². The van der Waals surface area contributed by atoms with E-state index in [-0.39, 0.29) is 5.91 Å². The van der Waals surface area contributed by atoms with E-state index in [1.807, 2.05) is 66.3 Å². The third-order valence-electron chi connectivity index (χ3n) is 3.70. The van der Waals surface area contributed by atoms with E-state index >= 15 is 0 Å². The van der Waals surface area contributed by atoms with Gasteiger partial charge in [0.25, 0.3) is 5.91 Å². The van der Waals surface area contributed by atoms with Crippen molar-refractivity contribution in [1.29, 1.82) is 0 Å². The molecule has 3 heterocycles. The first-order valence-electron chi connectivity index (χ1n) is 7.97. The highest BCUT2D eigenvalue weighted by Gasteiger charge is 2.18. The molecule has 0 spiro atoms. The van der Waals surface area contributed by atoms with Crippen molar-refractivity contribution in [2.24, 2.45) is 0 Å². The summed E-state index contributed by atoms with van der Waals surface area (Å²) in [6.07, 6.45) is 4.51. The second-order valence-corrected chi connectivity index (χ2v) is 7.66. The molecule has 4 rings (SSSR count). The van der Waals surface area contributed by atoms with Gasteiger partial charge in [0.1, 0.15) is 9.88 Å². The molecule has 3 aromatic heterocycles. The molecule has 0 aliphatic heterocycles. The van der Waals surface area contributed by atoms with Crippen molar-refractivity contribution in [3.63, 3.8) is 0 Å². The van der Waals surface area contributed by atoms with Crippen molar-refractivity contribution in [2.45, 2.75) is 13.3 Å². The van der Waals surface area contributed by atoms with E-state index in [0.717, 1.165) is 15.7 Å². The maximum Gasteiger partial charge on any atom is 0.269 e. The number of rotatable bonds is 5. The van der Waals surface area contributed by atoms with E-state index in [1.54, 1.807) is 0 Å². The highest BCUT2D eigenvalue weighted by molar-refractivity contribution is 7.17. The Kier molecular flexibility index (Phi) is 4.59. The van der Waals surface area contributed by atoms with Crippen LogP contribution in [0.15, 0.2) is 54.9 Å². The molecule has 4 aromatic rings. The average molecular weight is 381 g/mol. The number of nitrogens with zero attached hydrogens (tertiary/aromatic N) is 4. The lowest BCUT2D eigenvalue weighted by molar-refractivity contribution is 0.102. The second-order valence-electron chi connectivity index (χ2n) is 5.62. The highest BCUT2D eigenvalue weighted by Crippen LogP contribution is 2.24. The van der Waals surface area contributed by atoms with Gasteiger partial charge in [-0.3, -0.25) is 10.1 Å². The van der Waals surface area contributed by atoms with E-state index in [1.165, 1.54) is 22.7 Å². The monoisotopic (exact) mass is 381 g/mol. The van der Waals surface area contributed by atoms with Crippen LogP contribution in [0.3, 0.4) is 0 Å². The average Bonchev–Trinajstić information content (AvgIpc) is 3.37. The van der Waals surface area contributed by atoms with Crippen LogP contribution < -0.4 is 5.32 Å². The minimum absolute atomic E-state index is 0.208. The molecule has 0 saturated heterocycles. The summed E-state index contributed by atoms with van der Waals surface area (Å²) in [5.74, 6) is -0.208. The molecule has 1 aromatic carbocycles. The summed E-state index contributed by atoms with van der Waals surface area (Å²) in [5.41, 5.74) is 1.86. The van der Waals surface area contributed by atoms with Crippen molar-refractivity contribution in [1.82, 2.24) is 19.7 Å². The van der Waals surface area contributed by atoms with Gasteiger partial charge in [0.05, 0.1) is 5.69 Å². The zero-order chi connectivity index (χ0) is 17.9. The number of amides is 1. The maximum atomic E-state index is 12.6. The predicted octanol–water partition coefficient (Wildman–Crippen LogP) is 3.94. The molecule has 0 aliphatic carbocycles. The summed E-state index contributed by atoms with van der Waals surface area (Å²) < 4.78 is 1.89. The SMILES string of the molecule is Cc1nc(-n2cccc2)sc1C(=O)Nc1nnc(Cc2ccccc2)s1. The molecule has 1 N–H and O–H groups in total. The number of hydrogen-bond acceptors (Lipinski definition) is 6. The summed E-state index contributed by atoms with van der Waals surface area (Å²) >= 11 is 2.74. The van der Waals surface area contributed by atoms with Gasteiger partial charge in [0, 0.05) is 18.8 Å². The molecule has 0 bridgehead atoms. The minimum atomic E-state index is -0.208. The van der Waals surface area contributed by atoms with Crippen LogP contribution in [0.2, 0.25) is 0 Å². The van der Waals surface area contributed by atoms with Gasteiger partial charge in [-0.2, -0.15) is 0 Å². The Labute approximate surface area is 158 Å². The van der Waals surface area contributed by atoms with Gasteiger partial charge in [-0.15, -0.1) is 10.2 Å². The molecule has 0 radical (unpaired) electrons. The molecule has 0 unspecified atom stereocenters. The van der Waals surface area contributed by atoms with E-state index in [4.69, 9.17) is 0 Å². The largest absolute Gasteiger partial charge is 0.300 e. The summed E-state index contributed by atoms with van der Waals surface area (Å²) in [6.45, 7) is 1.83. The fraction of sp³-hybridized carbons (Fsp3) is 0.111. The second kappa shape index (κ2) is 7.19. The molecule has 8 heteroatoms. The number of thiazole rings is 1. The lowest BCUT2D eigenvalue weighted by Gasteiger charge is -1.98. The van der Waals surface area contributed by atoms with Crippen LogP contribution in [0.1, 0.15) is 25.9 Å². The summed E-state index contributed by atoms with van der Waals surface area (Å²) in [4.78, 5) is 17.6. The van der Waals surface area contributed by atoms with Crippen LogP contribution in [0, 0.1) is 6.92 Å². The number of anilines is 1.